The summed E-state index contributed by atoms with van der Waals surface area (Å²) in [6.45, 7) is 10.2. The maximum absolute atomic E-state index is 11.6. The lowest BCUT2D eigenvalue weighted by Gasteiger charge is -2.40. The van der Waals surface area contributed by atoms with Crippen LogP contribution < -0.4 is 14.7 Å². The number of rotatable bonds is 2. The number of carboxylic acid groups (broad SMARTS) is 1. The van der Waals surface area contributed by atoms with Gasteiger partial charge in [-0.2, -0.15) is 0 Å². The van der Waals surface area contributed by atoms with E-state index in [1.54, 1.807) is 0 Å². The molecule has 1 aromatic carbocycles. The minimum atomic E-state index is -0.918. The average molecular weight is 395 g/mol. The third-order valence-electron chi connectivity index (χ3n) is 6.34. The van der Waals surface area contributed by atoms with Crippen molar-refractivity contribution in [2.75, 3.05) is 40.9 Å². The number of benzene rings is 1. The summed E-state index contributed by atoms with van der Waals surface area (Å²) in [4.78, 5) is 22.2. The van der Waals surface area contributed by atoms with Gasteiger partial charge in [-0.15, -0.1) is 0 Å². The molecule has 1 N–H and O–H groups in total. The van der Waals surface area contributed by atoms with Crippen LogP contribution in [-0.4, -0.2) is 42.4 Å². The monoisotopic (exact) mass is 394 g/mol. The molecule has 1 saturated heterocycles. The van der Waals surface area contributed by atoms with E-state index in [2.05, 4.69) is 42.7 Å². The Morgan fingerprint density at radius 2 is 1.69 bits per heavy atom. The predicted molar refractivity (Wildman–Crippen MR) is 117 cm³/mol. The second-order valence-electron chi connectivity index (χ2n) is 9.08. The van der Waals surface area contributed by atoms with Gasteiger partial charge in [0, 0.05) is 26.2 Å². The Labute approximate surface area is 172 Å². The molecule has 3 heterocycles. The number of piperidine rings is 1. The predicted octanol–water partition coefficient (Wildman–Crippen LogP) is 4.98. The van der Waals surface area contributed by atoms with Crippen molar-refractivity contribution in [1.29, 1.82) is 0 Å². The van der Waals surface area contributed by atoms with Crippen LogP contribution in [0.3, 0.4) is 0 Å². The van der Waals surface area contributed by atoms with E-state index in [1.807, 2.05) is 30.5 Å². The van der Waals surface area contributed by atoms with E-state index in [0.29, 0.717) is 24.2 Å². The molecule has 1 aromatic heterocycles. The van der Waals surface area contributed by atoms with Crippen molar-refractivity contribution < 1.29 is 9.90 Å². The number of hydrogen-bond acceptors (Lipinski definition) is 4. The molecule has 1 amide bonds. The van der Waals surface area contributed by atoms with Gasteiger partial charge in [0.25, 0.3) is 0 Å². The van der Waals surface area contributed by atoms with Gasteiger partial charge >= 0.3 is 6.09 Å². The summed E-state index contributed by atoms with van der Waals surface area (Å²) in [6.07, 6.45) is 3.48. The minimum absolute atomic E-state index is 0.375. The Balaban J connectivity index is 1.50. The van der Waals surface area contributed by atoms with Crippen LogP contribution in [0.4, 0.5) is 27.7 Å². The first-order valence-electron chi connectivity index (χ1n) is 10.4. The Morgan fingerprint density at radius 1 is 1.00 bits per heavy atom. The molecule has 0 spiro atoms. The fourth-order valence-corrected chi connectivity index (χ4v) is 4.53. The van der Waals surface area contributed by atoms with E-state index in [-0.39, 0.29) is 0 Å². The normalized spacial score (nSPS) is 18.0. The standard InChI is InChI=1S/C23H30N4O2/c1-23(2,3)17-10-12-25(13-11-17)18-8-9-21(24-16-18)26-14-15-27(22(28)29)20-7-5-4-6-19(20)26/h4-9,16-17H,10-15H2,1-3H3,(H,28,29). The van der Waals surface area contributed by atoms with E-state index in [4.69, 9.17) is 4.98 Å². The third kappa shape index (κ3) is 3.88. The number of carbonyl (C=O) groups is 1. The van der Waals surface area contributed by atoms with Crippen LogP contribution in [0.25, 0.3) is 0 Å². The summed E-state index contributed by atoms with van der Waals surface area (Å²) in [5.41, 5.74) is 3.13. The SMILES string of the molecule is CC(C)(C)C1CCN(c2ccc(N3CCN(C(=O)O)c4ccccc43)nc2)CC1. The van der Waals surface area contributed by atoms with E-state index in [0.717, 1.165) is 30.5 Å². The third-order valence-corrected chi connectivity index (χ3v) is 6.34. The number of para-hydroxylation sites is 2. The molecule has 0 saturated carbocycles. The first-order chi connectivity index (χ1) is 13.8. The lowest BCUT2D eigenvalue weighted by molar-refractivity contribution is 0.199. The number of aromatic nitrogens is 1. The molecule has 1 fully saturated rings. The Kier molecular flexibility index (Phi) is 5.11. The second-order valence-corrected chi connectivity index (χ2v) is 9.08. The van der Waals surface area contributed by atoms with Crippen LogP contribution in [-0.2, 0) is 0 Å². The van der Waals surface area contributed by atoms with Crippen LogP contribution in [0.15, 0.2) is 42.6 Å². The maximum Gasteiger partial charge on any atom is 0.411 e. The smallest absolute Gasteiger partial charge is 0.411 e. The van der Waals surface area contributed by atoms with Gasteiger partial charge in [0.2, 0.25) is 0 Å². The average Bonchev–Trinajstić information content (AvgIpc) is 2.72. The summed E-state index contributed by atoms with van der Waals surface area (Å²) in [6, 6.07) is 11.8. The van der Waals surface area contributed by atoms with Gasteiger partial charge in [-0.25, -0.2) is 9.78 Å². The first-order valence-corrected chi connectivity index (χ1v) is 10.4. The van der Waals surface area contributed by atoms with Gasteiger partial charge in [0.1, 0.15) is 5.82 Å². The zero-order chi connectivity index (χ0) is 20.6. The lowest BCUT2D eigenvalue weighted by atomic mass is 9.75. The van der Waals surface area contributed by atoms with Crippen molar-refractivity contribution in [1.82, 2.24) is 4.98 Å². The molecule has 4 rings (SSSR count). The van der Waals surface area contributed by atoms with Gasteiger partial charge < -0.3 is 14.9 Å². The fourth-order valence-electron chi connectivity index (χ4n) is 4.53. The lowest BCUT2D eigenvalue weighted by Crippen LogP contribution is -2.42. The van der Waals surface area contributed by atoms with Crippen LogP contribution in [0.5, 0.6) is 0 Å². The summed E-state index contributed by atoms with van der Waals surface area (Å²) in [5.74, 6) is 1.63. The van der Waals surface area contributed by atoms with E-state index >= 15 is 0 Å². The van der Waals surface area contributed by atoms with Gasteiger partial charge in [0.05, 0.1) is 23.3 Å². The molecule has 29 heavy (non-hydrogen) atoms. The van der Waals surface area contributed by atoms with Crippen molar-refractivity contribution in [2.24, 2.45) is 11.3 Å². The summed E-state index contributed by atoms with van der Waals surface area (Å²) in [7, 11) is 0. The quantitative estimate of drug-likeness (QED) is 0.778. The molecule has 0 radical (unpaired) electrons. The molecule has 2 aliphatic heterocycles. The Bertz CT molecular complexity index is 867. The van der Waals surface area contributed by atoms with Crippen LogP contribution in [0.2, 0.25) is 0 Å². The number of anilines is 4. The van der Waals surface area contributed by atoms with Crippen LogP contribution in [0, 0.1) is 11.3 Å². The van der Waals surface area contributed by atoms with E-state index < -0.39 is 6.09 Å². The molecule has 0 bridgehead atoms. The molecule has 0 unspecified atom stereocenters. The minimum Gasteiger partial charge on any atom is -0.465 e. The number of fused-ring (bicyclic) bond motifs is 1. The molecular formula is C23H30N4O2. The highest BCUT2D eigenvalue weighted by atomic mass is 16.4. The van der Waals surface area contributed by atoms with E-state index in [1.165, 1.54) is 23.4 Å². The first kappa shape index (κ1) is 19.6. The molecule has 6 nitrogen and oxygen atoms in total. The largest absolute Gasteiger partial charge is 0.465 e. The van der Waals surface area contributed by atoms with Gasteiger partial charge in [-0.3, -0.25) is 4.90 Å². The van der Waals surface area contributed by atoms with Crippen LogP contribution in [0.1, 0.15) is 33.6 Å². The van der Waals surface area contributed by atoms with Crippen molar-refractivity contribution in [2.45, 2.75) is 33.6 Å². The van der Waals surface area contributed by atoms with Gasteiger partial charge in [0.15, 0.2) is 0 Å². The second kappa shape index (κ2) is 7.58. The van der Waals surface area contributed by atoms with Crippen LogP contribution >= 0.6 is 0 Å². The van der Waals surface area contributed by atoms with Gasteiger partial charge in [-0.05, 0) is 48.4 Å². The topological polar surface area (TPSA) is 59.9 Å². The molecule has 2 aliphatic rings. The number of hydrogen-bond donors (Lipinski definition) is 1. The molecule has 154 valence electrons. The Morgan fingerprint density at radius 3 is 2.28 bits per heavy atom. The number of pyridine rings is 1. The molecule has 6 heteroatoms. The fraction of sp³-hybridized carbons (Fsp3) is 0.478. The zero-order valence-corrected chi connectivity index (χ0v) is 17.5. The summed E-state index contributed by atoms with van der Waals surface area (Å²) >= 11 is 0. The highest BCUT2D eigenvalue weighted by molar-refractivity contribution is 5.93. The Hall–Kier alpha value is -2.76. The molecular weight excluding hydrogens is 364 g/mol. The molecule has 0 atom stereocenters. The van der Waals surface area contributed by atoms with Gasteiger partial charge in [-0.1, -0.05) is 32.9 Å². The van der Waals surface area contributed by atoms with E-state index in [9.17, 15) is 9.90 Å². The number of amides is 1. The van der Waals surface area contributed by atoms with Crippen molar-refractivity contribution in [3.8, 4) is 0 Å². The van der Waals surface area contributed by atoms with Crippen molar-refractivity contribution >= 4 is 29.0 Å². The highest BCUT2D eigenvalue weighted by Gasteiger charge is 2.30. The summed E-state index contributed by atoms with van der Waals surface area (Å²) in [5, 5.41) is 9.48. The summed E-state index contributed by atoms with van der Waals surface area (Å²) < 4.78 is 0. The molecule has 0 aliphatic carbocycles. The molecule has 2 aromatic rings. The van der Waals surface area contributed by atoms with Crippen molar-refractivity contribution in [3.63, 3.8) is 0 Å². The van der Waals surface area contributed by atoms with Crippen molar-refractivity contribution in [3.05, 3.63) is 42.6 Å². The maximum atomic E-state index is 11.6. The highest BCUT2D eigenvalue weighted by Crippen LogP contribution is 2.38. The number of nitrogens with zero attached hydrogens (tertiary/aromatic N) is 4. The zero-order valence-electron chi connectivity index (χ0n) is 17.5.